The molecule has 1 amide bonds. The molecule has 5 rings (SSSR count). The summed E-state index contributed by atoms with van der Waals surface area (Å²) in [4.78, 5) is 39.4. The van der Waals surface area contributed by atoms with Gasteiger partial charge in [0.15, 0.2) is 6.10 Å². The summed E-state index contributed by atoms with van der Waals surface area (Å²) in [6, 6.07) is 16.7. The minimum Gasteiger partial charge on any atom is -0.449 e. The summed E-state index contributed by atoms with van der Waals surface area (Å²) in [5.41, 5.74) is 4.69. The van der Waals surface area contributed by atoms with Crippen molar-refractivity contribution in [3.63, 3.8) is 0 Å². The van der Waals surface area contributed by atoms with Crippen LogP contribution in [0.2, 0.25) is 0 Å². The van der Waals surface area contributed by atoms with Crippen molar-refractivity contribution < 1.29 is 14.3 Å². The maximum atomic E-state index is 13.0. The molecule has 0 aliphatic carbocycles. The van der Waals surface area contributed by atoms with Crippen LogP contribution in [0.5, 0.6) is 0 Å². The summed E-state index contributed by atoms with van der Waals surface area (Å²) >= 11 is 0. The van der Waals surface area contributed by atoms with Crippen molar-refractivity contribution in [3.8, 4) is 11.4 Å². The number of aryl methyl sites for hydroxylation is 1. The van der Waals surface area contributed by atoms with Crippen molar-refractivity contribution in [3.05, 3.63) is 78.1 Å². The normalized spacial score (nSPS) is 14.1. The first-order valence-electron chi connectivity index (χ1n) is 10.6. The number of nitrogens with one attached hydrogen (secondary N) is 1. The number of aromatic nitrogens is 3. The molecule has 0 spiro atoms. The van der Waals surface area contributed by atoms with Crippen molar-refractivity contribution in [2.45, 2.75) is 25.9 Å². The van der Waals surface area contributed by atoms with Crippen LogP contribution in [-0.2, 0) is 16.0 Å². The quantitative estimate of drug-likeness (QED) is 0.495. The molecule has 2 aromatic heterocycles. The van der Waals surface area contributed by atoms with Crippen LogP contribution < -0.4 is 4.90 Å². The van der Waals surface area contributed by atoms with Crippen LogP contribution in [0.1, 0.15) is 29.3 Å². The molecular formula is C25H22N4O3. The second-order valence-corrected chi connectivity index (χ2v) is 7.83. The lowest BCUT2D eigenvalue weighted by Crippen LogP contribution is -2.42. The van der Waals surface area contributed by atoms with Crippen LogP contribution in [0.25, 0.3) is 22.4 Å². The molecule has 0 saturated carbocycles. The number of pyridine rings is 1. The van der Waals surface area contributed by atoms with Crippen LogP contribution in [0.15, 0.2) is 67.0 Å². The molecule has 0 saturated heterocycles. The Labute approximate surface area is 185 Å². The maximum Gasteiger partial charge on any atom is 0.338 e. The average molecular weight is 426 g/mol. The SMILES string of the molecule is CC(OC(=O)c1ccc2nc(-c3cccnc3)[nH]c2c1)C(=O)N1CCCc2ccccc21. The van der Waals surface area contributed by atoms with Gasteiger partial charge < -0.3 is 14.6 Å². The van der Waals surface area contributed by atoms with Crippen LogP contribution in [-0.4, -0.2) is 39.5 Å². The number of hydrogen-bond acceptors (Lipinski definition) is 5. The zero-order valence-electron chi connectivity index (χ0n) is 17.6. The van der Waals surface area contributed by atoms with E-state index in [0.717, 1.165) is 35.2 Å². The van der Waals surface area contributed by atoms with Gasteiger partial charge in [0, 0.05) is 30.2 Å². The first kappa shape index (κ1) is 19.9. The summed E-state index contributed by atoms with van der Waals surface area (Å²) in [7, 11) is 0. The number of ether oxygens (including phenoxy) is 1. The van der Waals surface area contributed by atoms with E-state index in [2.05, 4.69) is 15.0 Å². The molecule has 3 heterocycles. The van der Waals surface area contributed by atoms with E-state index in [1.165, 1.54) is 0 Å². The Morgan fingerprint density at radius 1 is 1.12 bits per heavy atom. The van der Waals surface area contributed by atoms with E-state index in [9.17, 15) is 9.59 Å². The van der Waals surface area contributed by atoms with Gasteiger partial charge in [-0.25, -0.2) is 9.78 Å². The fraction of sp³-hybridized carbons (Fsp3) is 0.200. The van der Waals surface area contributed by atoms with Gasteiger partial charge in [-0.1, -0.05) is 18.2 Å². The predicted octanol–water partition coefficient (Wildman–Crippen LogP) is 4.15. The van der Waals surface area contributed by atoms with Crippen molar-refractivity contribution >= 4 is 28.6 Å². The highest BCUT2D eigenvalue weighted by Gasteiger charge is 2.28. The highest BCUT2D eigenvalue weighted by molar-refractivity contribution is 6.00. The molecule has 7 heteroatoms. The first-order chi connectivity index (χ1) is 15.6. The lowest BCUT2D eigenvalue weighted by atomic mass is 10.0. The van der Waals surface area contributed by atoms with Crippen molar-refractivity contribution in [2.75, 3.05) is 11.4 Å². The summed E-state index contributed by atoms with van der Waals surface area (Å²) in [6.07, 6.45) is 4.36. The minimum absolute atomic E-state index is 0.216. The molecule has 1 aliphatic heterocycles. The Balaban J connectivity index is 1.33. The number of fused-ring (bicyclic) bond motifs is 2. The van der Waals surface area contributed by atoms with Gasteiger partial charge in [0.1, 0.15) is 5.82 Å². The van der Waals surface area contributed by atoms with E-state index < -0.39 is 12.1 Å². The lowest BCUT2D eigenvalue weighted by molar-refractivity contribution is -0.126. The Morgan fingerprint density at radius 2 is 2.00 bits per heavy atom. The Hall–Kier alpha value is -4.00. The number of H-pyrrole nitrogens is 1. The maximum absolute atomic E-state index is 13.0. The van der Waals surface area contributed by atoms with Gasteiger partial charge in [0.25, 0.3) is 5.91 Å². The molecule has 0 bridgehead atoms. The van der Waals surface area contributed by atoms with E-state index in [-0.39, 0.29) is 5.91 Å². The molecule has 7 nitrogen and oxygen atoms in total. The van der Waals surface area contributed by atoms with Crippen LogP contribution in [0.4, 0.5) is 5.69 Å². The number of hydrogen-bond donors (Lipinski definition) is 1. The van der Waals surface area contributed by atoms with Gasteiger partial charge in [-0.15, -0.1) is 0 Å². The van der Waals surface area contributed by atoms with Gasteiger partial charge in [0.2, 0.25) is 0 Å². The van der Waals surface area contributed by atoms with E-state index >= 15 is 0 Å². The van der Waals surface area contributed by atoms with Crippen molar-refractivity contribution in [1.82, 2.24) is 15.0 Å². The van der Waals surface area contributed by atoms with Crippen molar-refractivity contribution in [2.24, 2.45) is 0 Å². The van der Waals surface area contributed by atoms with Crippen LogP contribution in [0, 0.1) is 0 Å². The standard InChI is InChI=1S/C25H22N4O3/c1-16(24(30)29-13-5-8-17-6-2-3-9-22(17)29)32-25(31)18-10-11-20-21(14-18)28-23(27-20)19-7-4-12-26-15-19/h2-4,6-7,9-12,14-16H,5,8,13H2,1H3,(H,27,28). The van der Waals surface area contributed by atoms with Gasteiger partial charge in [0.05, 0.1) is 16.6 Å². The zero-order valence-corrected chi connectivity index (χ0v) is 17.6. The number of para-hydroxylation sites is 1. The molecular weight excluding hydrogens is 404 g/mol. The van der Waals surface area contributed by atoms with Crippen molar-refractivity contribution in [1.29, 1.82) is 0 Å². The molecule has 1 aliphatic rings. The van der Waals surface area contributed by atoms with Gasteiger partial charge in [-0.2, -0.15) is 0 Å². The van der Waals surface area contributed by atoms with Gasteiger partial charge in [-0.3, -0.25) is 9.78 Å². The number of imidazole rings is 1. The third kappa shape index (κ3) is 3.73. The summed E-state index contributed by atoms with van der Waals surface area (Å²) in [6.45, 7) is 2.24. The number of anilines is 1. The van der Waals surface area contributed by atoms with E-state index in [1.807, 2.05) is 36.4 Å². The zero-order chi connectivity index (χ0) is 22.1. The first-order valence-corrected chi connectivity index (χ1v) is 10.6. The highest BCUT2D eigenvalue weighted by Crippen LogP contribution is 2.28. The number of rotatable bonds is 4. The molecule has 1 atom stereocenters. The minimum atomic E-state index is -0.892. The molecule has 0 radical (unpaired) electrons. The topological polar surface area (TPSA) is 88.2 Å². The molecule has 1 N–H and O–H groups in total. The molecule has 32 heavy (non-hydrogen) atoms. The smallest absolute Gasteiger partial charge is 0.338 e. The van der Waals surface area contributed by atoms with Crippen LogP contribution >= 0.6 is 0 Å². The third-order valence-corrected chi connectivity index (χ3v) is 5.66. The number of carbonyl (C=O) groups excluding carboxylic acids is 2. The van der Waals surface area contributed by atoms with E-state index in [4.69, 9.17) is 4.74 Å². The molecule has 160 valence electrons. The van der Waals surface area contributed by atoms with Gasteiger partial charge >= 0.3 is 5.97 Å². The molecule has 4 aromatic rings. The Morgan fingerprint density at radius 3 is 2.84 bits per heavy atom. The largest absolute Gasteiger partial charge is 0.449 e. The lowest BCUT2D eigenvalue weighted by Gasteiger charge is -2.31. The number of esters is 1. The highest BCUT2D eigenvalue weighted by atomic mass is 16.5. The molecule has 2 aromatic carbocycles. The van der Waals surface area contributed by atoms with Gasteiger partial charge in [-0.05, 0) is 61.7 Å². The predicted molar refractivity (Wildman–Crippen MR) is 121 cm³/mol. The number of aromatic amines is 1. The van der Waals surface area contributed by atoms with Crippen LogP contribution in [0.3, 0.4) is 0 Å². The molecule has 0 fully saturated rings. The number of nitrogens with zero attached hydrogens (tertiary/aromatic N) is 3. The summed E-state index contributed by atoms with van der Waals surface area (Å²) in [5, 5.41) is 0. The third-order valence-electron chi connectivity index (χ3n) is 5.66. The number of benzene rings is 2. The average Bonchev–Trinajstić information content (AvgIpc) is 3.27. The number of amides is 1. The second-order valence-electron chi connectivity index (χ2n) is 7.83. The van der Waals surface area contributed by atoms with E-state index in [1.54, 1.807) is 42.4 Å². The fourth-order valence-electron chi connectivity index (χ4n) is 4.04. The Bertz CT molecular complexity index is 1300. The molecule has 1 unspecified atom stereocenters. The second kappa shape index (κ2) is 8.26. The monoisotopic (exact) mass is 426 g/mol. The summed E-state index contributed by atoms with van der Waals surface area (Å²) in [5.74, 6) is -0.0894. The Kier molecular flexibility index (Phi) is 5.15. The van der Waals surface area contributed by atoms with E-state index in [0.29, 0.717) is 23.4 Å². The number of carbonyl (C=O) groups is 2. The fourth-order valence-corrected chi connectivity index (χ4v) is 4.04. The summed E-state index contributed by atoms with van der Waals surface area (Å²) < 4.78 is 5.53.